The molecule has 0 aliphatic carbocycles. The molecule has 1 aromatic heterocycles. The van der Waals surface area contributed by atoms with Crippen LogP contribution in [0.4, 0.5) is 0 Å². The molecule has 0 radical (unpaired) electrons. The van der Waals surface area contributed by atoms with Crippen LogP contribution in [-0.4, -0.2) is 22.1 Å². The minimum atomic E-state index is -0.141. The average Bonchev–Trinajstić information content (AvgIpc) is 3.21. The molecule has 0 saturated heterocycles. The van der Waals surface area contributed by atoms with Crippen LogP contribution in [0.3, 0.4) is 0 Å². The first-order valence-corrected chi connectivity index (χ1v) is 8.75. The van der Waals surface area contributed by atoms with E-state index in [1.807, 2.05) is 66.2 Å². The zero-order valence-electron chi connectivity index (χ0n) is 15.1. The van der Waals surface area contributed by atoms with Gasteiger partial charge in [-0.2, -0.15) is 0 Å². The van der Waals surface area contributed by atoms with Crippen molar-refractivity contribution in [1.82, 2.24) is 14.9 Å². The van der Waals surface area contributed by atoms with E-state index in [1.54, 1.807) is 12.5 Å². The summed E-state index contributed by atoms with van der Waals surface area (Å²) < 4.78 is 7.53. The molecule has 0 bridgehead atoms. The molecule has 3 rings (SSSR count). The highest BCUT2D eigenvalue weighted by Crippen LogP contribution is 2.16. The van der Waals surface area contributed by atoms with E-state index in [0.717, 1.165) is 23.4 Å². The van der Waals surface area contributed by atoms with E-state index >= 15 is 0 Å². The van der Waals surface area contributed by atoms with Crippen molar-refractivity contribution in [2.24, 2.45) is 0 Å². The minimum Gasteiger partial charge on any atom is -0.484 e. The number of amides is 1. The highest BCUT2D eigenvalue weighted by Gasteiger charge is 2.10. The molecule has 0 fully saturated rings. The molecule has 0 spiro atoms. The topological polar surface area (TPSA) is 56.1 Å². The van der Waals surface area contributed by atoms with Crippen molar-refractivity contribution in [3.63, 3.8) is 0 Å². The van der Waals surface area contributed by atoms with Gasteiger partial charge in [0.25, 0.3) is 5.91 Å². The van der Waals surface area contributed by atoms with Crippen LogP contribution in [0.1, 0.15) is 31.0 Å². The van der Waals surface area contributed by atoms with Crippen molar-refractivity contribution in [3.8, 4) is 11.4 Å². The largest absolute Gasteiger partial charge is 0.484 e. The molecule has 1 heterocycles. The number of nitrogens with one attached hydrogen (secondary N) is 1. The Morgan fingerprint density at radius 1 is 1.23 bits per heavy atom. The minimum absolute atomic E-state index is 0.00459. The number of nitrogens with zero attached hydrogens (tertiary/aromatic N) is 2. The second-order valence-electron chi connectivity index (χ2n) is 6.14. The van der Waals surface area contributed by atoms with Crippen LogP contribution in [0.15, 0.2) is 67.3 Å². The number of ether oxygens (including phenoxy) is 1. The van der Waals surface area contributed by atoms with E-state index < -0.39 is 0 Å². The molecule has 2 aromatic carbocycles. The maximum atomic E-state index is 12.2. The molecule has 5 heteroatoms. The lowest BCUT2D eigenvalue weighted by Gasteiger charge is -2.15. The van der Waals surface area contributed by atoms with E-state index in [4.69, 9.17) is 4.74 Å². The zero-order chi connectivity index (χ0) is 18.4. The van der Waals surface area contributed by atoms with Gasteiger partial charge in [-0.25, -0.2) is 4.98 Å². The van der Waals surface area contributed by atoms with Crippen molar-refractivity contribution in [3.05, 3.63) is 78.4 Å². The molecule has 1 atom stereocenters. The smallest absolute Gasteiger partial charge is 0.258 e. The second kappa shape index (κ2) is 8.34. The summed E-state index contributed by atoms with van der Waals surface area (Å²) in [5, 5.41) is 2.97. The van der Waals surface area contributed by atoms with Gasteiger partial charge >= 0.3 is 0 Å². The summed E-state index contributed by atoms with van der Waals surface area (Å²) in [6, 6.07) is 15.7. The summed E-state index contributed by atoms with van der Waals surface area (Å²) in [5.41, 5.74) is 3.26. The molecular weight excluding hydrogens is 326 g/mol. The third-order valence-corrected chi connectivity index (χ3v) is 4.25. The Morgan fingerprint density at radius 2 is 2.04 bits per heavy atom. The van der Waals surface area contributed by atoms with Gasteiger partial charge in [-0.15, -0.1) is 0 Å². The number of rotatable bonds is 7. The SMILES string of the molecule is CCc1cccc(OCC(=O)N[C@@H](C)c2ccc(-n3ccnc3)cc2)c1. The van der Waals surface area contributed by atoms with Crippen LogP contribution in [0, 0.1) is 0 Å². The van der Waals surface area contributed by atoms with E-state index in [0.29, 0.717) is 0 Å². The van der Waals surface area contributed by atoms with Crippen molar-refractivity contribution < 1.29 is 9.53 Å². The fourth-order valence-corrected chi connectivity index (χ4v) is 2.72. The number of aryl methyl sites for hydroxylation is 1. The zero-order valence-corrected chi connectivity index (χ0v) is 15.1. The van der Waals surface area contributed by atoms with Crippen molar-refractivity contribution in [2.75, 3.05) is 6.61 Å². The standard InChI is InChI=1S/C21H23N3O2/c1-3-17-5-4-6-20(13-17)26-14-21(25)23-16(2)18-7-9-19(10-8-18)24-12-11-22-15-24/h4-13,15-16H,3,14H2,1-2H3,(H,23,25)/t16-/m0/s1. The van der Waals surface area contributed by atoms with Gasteiger partial charge in [0.05, 0.1) is 12.4 Å². The summed E-state index contributed by atoms with van der Waals surface area (Å²) in [4.78, 5) is 16.2. The molecule has 0 unspecified atom stereocenters. The average molecular weight is 349 g/mol. The Balaban J connectivity index is 1.53. The normalized spacial score (nSPS) is 11.8. The lowest BCUT2D eigenvalue weighted by Crippen LogP contribution is -2.31. The Kier molecular flexibility index (Phi) is 5.69. The first kappa shape index (κ1) is 17.7. The van der Waals surface area contributed by atoms with Crippen LogP contribution in [0.25, 0.3) is 5.69 Å². The highest BCUT2D eigenvalue weighted by atomic mass is 16.5. The van der Waals surface area contributed by atoms with Crippen LogP contribution in [-0.2, 0) is 11.2 Å². The molecule has 1 amide bonds. The number of carbonyl (C=O) groups excluding carboxylic acids is 1. The molecule has 0 aliphatic heterocycles. The fourth-order valence-electron chi connectivity index (χ4n) is 2.72. The van der Waals surface area contributed by atoms with Gasteiger partial charge in [0.1, 0.15) is 5.75 Å². The molecular formula is C21H23N3O2. The van der Waals surface area contributed by atoms with Crippen LogP contribution < -0.4 is 10.1 Å². The van der Waals surface area contributed by atoms with E-state index in [1.165, 1.54) is 5.56 Å². The first-order valence-electron chi connectivity index (χ1n) is 8.75. The number of hydrogen-bond acceptors (Lipinski definition) is 3. The number of hydrogen-bond donors (Lipinski definition) is 1. The Bertz CT molecular complexity index is 842. The lowest BCUT2D eigenvalue weighted by atomic mass is 10.1. The molecule has 1 N–H and O–H groups in total. The summed E-state index contributed by atoms with van der Waals surface area (Å²) in [5.74, 6) is 0.579. The quantitative estimate of drug-likeness (QED) is 0.708. The third kappa shape index (κ3) is 4.51. The van der Waals surface area contributed by atoms with Gasteiger partial charge < -0.3 is 14.6 Å². The molecule has 3 aromatic rings. The van der Waals surface area contributed by atoms with Gasteiger partial charge in [-0.3, -0.25) is 4.79 Å². The third-order valence-electron chi connectivity index (χ3n) is 4.25. The summed E-state index contributed by atoms with van der Waals surface area (Å²) in [6.45, 7) is 4.05. The summed E-state index contributed by atoms with van der Waals surface area (Å²) in [7, 11) is 0. The van der Waals surface area contributed by atoms with Gasteiger partial charge in [-0.05, 0) is 48.7 Å². The van der Waals surface area contributed by atoms with Crippen LogP contribution in [0.5, 0.6) is 5.75 Å². The van der Waals surface area contributed by atoms with Gasteiger partial charge in [0.15, 0.2) is 6.61 Å². The monoisotopic (exact) mass is 349 g/mol. The number of carbonyl (C=O) groups is 1. The molecule has 134 valence electrons. The van der Waals surface area contributed by atoms with Crippen LogP contribution in [0.2, 0.25) is 0 Å². The summed E-state index contributed by atoms with van der Waals surface area (Å²) >= 11 is 0. The number of imidazole rings is 1. The number of aromatic nitrogens is 2. The van der Waals surface area contributed by atoms with E-state index in [9.17, 15) is 4.79 Å². The number of benzene rings is 2. The molecule has 26 heavy (non-hydrogen) atoms. The maximum Gasteiger partial charge on any atom is 0.258 e. The fraction of sp³-hybridized carbons (Fsp3) is 0.238. The van der Waals surface area contributed by atoms with Gasteiger partial charge in [-0.1, -0.05) is 31.2 Å². The molecule has 0 saturated carbocycles. The predicted octanol–water partition coefficient (Wildman–Crippen LogP) is 3.69. The maximum absolute atomic E-state index is 12.2. The lowest BCUT2D eigenvalue weighted by molar-refractivity contribution is -0.123. The molecule has 5 nitrogen and oxygen atoms in total. The summed E-state index contributed by atoms with van der Waals surface area (Å²) in [6.07, 6.45) is 6.33. The van der Waals surface area contributed by atoms with Crippen molar-refractivity contribution in [1.29, 1.82) is 0 Å². The molecule has 0 aliphatic rings. The van der Waals surface area contributed by atoms with E-state index in [2.05, 4.69) is 17.2 Å². The highest BCUT2D eigenvalue weighted by molar-refractivity contribution is 5.78. The van der Waals surface area contributed by atoms with Crippen molar-refractivity contribution in [2.45, 2.75) is 26.3 Å². The van der Waals surface area contributed by atoms with Gasteiger partial charge in [0.2, 0.25) is 0 Å². The van der Waals surface area contributed by atoms with Crippen molar-refractivity contribution >= 4 is 5.91 Å². The Morgan fingerprint density at radius 3 is 2.73 bits per heavy atom. The van der Waals surface area contributed by atoms with Crippen LogP contribution >= 0.6 is 0 Å². The Labute approximate surface area is 153 Å². The second-order valence-corrected chi connectivity index (χ2v) is 6.14. The first-order chi connectivity index (χ1) is 12.7. The predicted molar refractivity (Wildman–Crippen MR) is 101 cm³/mol. The Hall–Kier alpha value is -3.08. The van der Waals surface area contributed by atoms with E-state index in [-0.39, 0.29) is 18.6 Å². The van der Waals surface area contributed by atoms with Gasteiger partial charge in [0, 0.05) is 18.1 Å².